The van der Waals surface area contributed by atoms with Crippen molar-refractivity contribution in [1.29, 1.82) is 0 Å². The molecule has 0 amide bonds. The monoisotopic (exact) mass is 752 g/mol. The van der Waals surface area contributed by atoms with E-state index in [0.717, 1.165) is 49.8 Å². The third kappa shape index (κ3) is 4.41. The van der Waals surface area contributed by atoms with Gasteiger partial charge in [0.2, 0.25) is 0 Å². The minimum atomic E-state index is -0.157. The molecule has 0 aliphatic heterocycles. The topological polar surface area (TPSA) is 26.3 Å². The van der Waals surface area contributed by atoms with Crippen molar-refractivity contribution in [1.82, 2.24) is 0 Å². The van der Waals surface area contributed by atoms with Crippen LogP contribution < -0.4 is 0 Å². The maximum absolute atomic E-state index is 6.99. The molecular formula is C57H36O2. The van der Waals surface area contributed by atoms with Crippen molar-refractivity contribution in [3.05, 3.63) is 193 Å². The summed E-state index contributed by atoms with van der Waals surface area (Å²) in [7, 11) is 0. The number of rotatable bonds is 3. The molecule has 0 N–H and O–H groups in total. The number of para-hydroxylation sites is 2. The molecule has 2 nitrogen and oxygen atoms in total. The molecule has 0 radical (unpaired) electrons. The van der Waals surface area contributed by atoms with Crippen LogP contribution in [0.2, 0.25) is 0 Å². The zero-order valence-corrected chi connectivity index (χ0v) is 32.6. The molecule has 0 atom stereocenters. The van der Waals surface area contributed by atoms with Gasteiger partial charge in [-0.2, -0.15) is 0 Å². The van der Waals surface area contributed by atoms with E-state index in [0.29, 0.717) is 0 Å². The molecule has 0 fully saturated rings. The van der Waals surface area contributed by atoms with Crippen molar-refractivity contribution in [2.75, 3.05) is 0 Å². The molecule has 0 saturated carbocycles. The molecule has 1 aliphatic rings. The van der Waals surface area contributed by atoms with E-state index in [1.165, 1.54) is 82.0 Å². The lowest BCUT2D eigenvalue weighted by molar-refractivity contribution is 0.657. The van der Waals surface area contributed by atoms with Gasteiger partial charge in [-0.25, -0.2) is 0 Å². The Hall–Kier alpha value is -7.42. The van der Waals surface area contributed by atoms with Crippen LogP contribution in [0.15, 0.2) is 191 Å². The Labute approximate surface area is 340 Å². The Morgan fingerprint density at radius 1 is 0.356 bits per heavy atom. The fraction of sp³-hybridized carbons (Fsp3) is 0.0526. The second-order valence-electron chi connectivity index (χ2n) is 16.7. The molecule has 2 heteroatoms. The van der Waals surface area contributed by atoms with Crippen LogP contribution in [-0.2, 0) is 5.41 Å². The van der Waals surface area contributed by atoms with Gasteiger partial charge < -0.3 is 8.83 Å². The first kappa shape index (κ1) is 32.6. The van der Waals surface area contributed by atoms with Gasteiger partial charge in [-0.1, -0.05) is 178 Å². The lowest BCUT2D eigenvalue weighted by Gasteiger charge is -2.22. The summed E-state index contributed by atoms with van der Waals surface area (Å²) in [6.45, 7) is 4.71. The molecule has 10 aromatic carbocycles. The van der Waals surface area contributed by atoms with Crippen molar-refractivity contribution in [3.63, 3.8) is 0 Å². The van der Waals surface area contributed by atoms with Gasteiger partial charge in [0.05, 0.1) is 0 Å². The molecule has 2 heterocycles. The molecule has 0 spiro atoms. The van der Waals surface area contributed by atoms with Crippen LogP contribution in [0.25, 0.3) is 121 Å². The lowest BCUT2D eigenvalue weighted by Crippen LogP contribution is -2.15. The van der Waals surface area contributed by atoms with E-state index in [9.17, 15) is 0 Å². The summed E-state index contributed by atoms with van der Waals surface area (Å²) in [5, 5.41) is 11.9. The summed E-state index contributed by atoms with van der Waals surface area (Å²) >= 11 is 0. The van der Waals surface area contributed by atoms with Crippen LogP contribution in [0.5, 0.6) is 0 Å². The van der Waals surface area contributed by atoms with Gasteiger partial charge in [-0.15, -0.1) is 0 Å². The Morgan fingerprint density at radius 3 is 1.66 bits per heavy atom. The lowest BCUT2D eigenvalue weighted by atomic mass is 9.80. The minimum absolute atomic E-state index is 0.157. The van der Waals surface area contributed by atoms with E-state index in [1.807, 2.05) is 6.07 Å². The zero-order chi connectivity index (χ0) is 39.0. The average molecular weight is 753 g/mol. The van der Waals surface area contributed by atoms with Crippen LogP contribution in [-0.4, -0.2) is 0 Å². The van der Waals surface area contributed by atoms with Crippen LogP contribution >= 0.6 is 0 Å². The number of benzene rings is 10. The summed E-state index contributed by atoms with van der Waals surface area (Å²) in [6, 6.07) is 66.2. The maximum atomic E-state index is 6.99. The average Bonchev–Trinajstić information content (AvgIpc) is 3.92. The standard InChI is InChI=1S/C57H36O2/c1-57(2)47-24-11-9-16-37(47)43-30-31-49-53(54(43)57)46-32-35-14-3-4-15-36(35)51(56(46)59-49)34-28-26-33(27-29-34)50-39-18-5-7-20-41(39)52(42-21-8-6-19-40(42)50)45-23-13-22-44-38-17-10-12-25-48(38)58-55(44)45/h3-32H,1-2H3. The Balaban J connectivity index is 1.03. The molecule has 0 saturated heterocycles. The highest BCUT2D eigenvalue weighted by molar-refractivity contribution is 6.25. The summed E-state index contributed by atoms with van der Waals surface area (Å²) in [4.78, 5) is 0. The molecule has 12 aromatic rings. The first-order chi connectivity index (χ1) is 29.0. The fourth-order valence-corrected chi connectivity index (χ4v) is 10.7. The number of hydrogen-bond acceptors (Lipinski definition) is 2. The molecule has 13 rings (SSSR count). The van der Waals surface area contributed by atoms with E-state index in [4.69, 9.17) is 8.83 Å². The predicted molar refractivity (Wildman–Crippen MR) is 247 cm³/mol. The van der Waals surface area contributed by atoms with Gasteiger partial charge in [0.25, 0.3) is 0 Å². The first-order valence-corrected chi connectivity index (χ1v) is 20.5. The van der Waals surface area contributed by atoms with E-state index in [-0.39, 0.29) is 5.41 Å². The second kappa shape index (κ2) is 11.8. The first-order valence-electron chi connectivity index (χ1n) is 20.5. The summed E-state index contributed by atoms with van der Waals surface area (Å²) < 4.78 is 13.6. The van der Waals surface area contributed by atoms with Crippen molar-refractivity contribution in [2.45, 2.75) is 19.3 Å². The molecule has 0 bridgehead atoms. The van der Waals surface area contributed by atoms with Gasteiger partial charge in [-0.05, 0) is 89.5 Å². The minimum Gasteiger partial charge on any atom is -0.455 e. The van der Waals surface area contributed by atoms with Crippen LogP contribution in [0.3, 0.4) is 0 Å². The Kier molecular flexibility index (Phi) is 6.54. The smallest absolute Gasteiger partial charge is 0.143 e. The fourth-order valence-electron chi connectivity index (χ4n) is 10.7. The van der Waals surface area contributed by atoms with Gasteiger partial charge in [0.15, 0.2) is 0 Å². The zero-order valence-electron chi connectivity index (χ0n) is 32.6. The van der Waals surface area contributed by atoms with Gasteiger partial charge in [0.1, 0.15) is 22.3 Å². The van der Waals surface area contributed by atoms with E-state index in [1.54, 1.807) is 0 Å². The Morgan fingerprint density at radius 2 is 0.915 bits per heavy atom. The third-order valence-corrected chi connectivity index (χ3v) is 13.2. The van der Waals surface area contributed by atoms with Gasteiger partial charge >= 0.3 is 0 Å². The number of fused-ring (bicyclic) bond motifs is 13. The van der Waals surface area contributed by atoms with Crippen molar-refractivity contribution >= 4 is 76.2 Å². The van der Waals surface area contributed by atoms with Gasteiger partial charge in [0, 0.05) is 43.7 Å². The molecule has 59 heavy (non-hydrogen) atoms. The molecule has 0 unspecified atom stereocenters. The molecule has 2 aromatic heterocycles. The van der Waals surface area contributed by atoms with Crippen molar-refractivity contribution < 1.29 is 8.83 Å². The molecular weight excluding hydrogens is 717 g/mol. The van der Waals surface area contributed by atoms with E-state index in [2.05, 4.69) is 190 Å². The second-order valence-corrected chi connectivity index (χ2v) is 16.7. The summed E-state index contributed by atoms with van der Waals surface area (Å²) in [6.07, 6.45) is 0. The SMILES string of the molecule is CC1(C)c2ccccc2-c2ccc3oc4c(-c5ccc(-c6c7ccccc7c(-c7cccc8c7oc7ccccc78)c7ccccc67)cc5)c5ccccc5cc4c3c21. The summed E-state index contributed by atoms with van der Waals surface area (Å²) in [5.41, 5.74) is 15.9. The quantitative estimate of drug-likeness (QED) is 0.168. The number of hydrogen-bond donors (Lipinski definition) is 0. The van der Waals surface area contributed by atoms with Crippen LogP contribution in [0, 0.1) is 0 Å². The highest BCUT2D eigenvalue weighted by Gasteiger charge is 2.38. The number of furan rings is 2. The normalized spacial score (nSPS) is 13.4. The summed E-state index contributed by atoms with van der Waals surface area (Å²) in [5.74, 6) is 0. The van der Waals surface area contributed by atoms with Crippen molar-refractivity contribution in [3.8, 4) is 44.5 Å². The molecule has 276 valence electrons. The van der Waals surface area contributed by atoms with E-state index >= 15 is 0 Å². The predicted octanol–water partition coefficient (Wildman–Crippen LogP) is 16.3. The van der Waals surface area contributed by atoms with Gasteiger partial charge in [-0.3, -0.25) is 0 Å². The van der Waals surface area contributed by atoms with Crippen molar-refractivity contribution in [2.24, 2.45) is 0 Å². The van der Waals surface area contributed by atoms with Crippen LogP contribution in [0.4, 0.5) is 0 Å². The molecule has 1 aliphatic carbocycles. The van der Waals surface area contributed by atoms with E-state index < -0.39 is 0 Å². The largest absolute Gasteiger partial charge is 0.455 e. The highest BCUT2D eigenvalue weighted by atomic mass is 16.3. The third-order valence-electron chi connectivity index (χ3n) is 13.2. The maximum Gasteiger partial charge on any atom is 0.143 e. The van der Waals surface area contributed by atoms with Crippen LogP contribution in [0.1, 0.15) is 25.0 Å². The Bertz CT molecular complexity index is 3690. The highest BCUT2D eigenvalue weighted by Crippen LogP contribution is 2.54.